The fraction of sp³-hybridized carbons (Fsp3) is 0.571. The first kappa shape index (κ1) is 16.5. The SMILES string of the molecule is CC1CCCC(N(C)S(=O)(=O)c2cc(Cl)cc(N)c2F)C1. The van der Waals surface area contributed by atoms with Gasteiger partial charge in [-0.25, -0.2) is 12.8 Å². The lowest BCUT2D eigenvalue weighted by molar-refractivity contribution is 0.238. The van der Waals surface area contributed by atoms with Crippen LogP contribution in [-0.2, 0) is 10.0 Å². The predicted octanol–water partition coefficient (Wildman–Crippen LogP) is 3.26. The molecule has 0 heterocycles. The molecule has 0 aliphatic heterocycles. The van der Waals surface area contributed by atoms with Crippen molar-refractivity contribution in [1.82, 2.24) is 4.31 Å². The number of nitrogens with two attached hydrogens (primary N) is 1. The average molecular weight is 335 g/mol. The first-order chi connectivity index (χ1) is 9.73. The maximum absolute atomic E-state index is 14.1. The first-order valence-electron chi connectivity index (χ1n) is 6.96. The van der Waals surface area contributed by atoms with E-state index in [1.54, 1.807) is 0 Å². The van der Waals surface area contributed by atoms with E-state index in [4.69, 9.17) is 17.3 Å². The smallest absolute Gasteiger partial charge is 0.246 e. The van der Waals surface area contributed by atoms with Crippen molar-refractivity contribution in [3.63, 3.8) is 0 Å². The molecule has 1 aliphatic rings. The number of sulfonamides is 1. The molecule has 0 amide bonds. The number of nitrogen functional groups attached to an aromatic ring is 1. The Morgan fingerprint density at radius 2 is 2.05 bits per heavy atom. The van der Waals surface area contributed by atoms with Gasteiger partial charge in [-0.2, -0.15) is 4.31 Å². The van der Waals surface area contributed by atoms with Gasteiger partial charge in [0, 0.05) is 18.1 Å². The van der Waals surface area contributed by atoms with Crippen LogP contribution in [0.15, 0.2) is 17.0 Å². The third kappa shape index (κ3) is 3.33. The Labute approximate surface area is 130 Å². The highest BCUT2D eigenvalue weighted by Gasteiger charge is 2.33. The van der Waals surface area contributed by atoms with Gasteiger partial charge in [-0.15, -0.1) is 0 Å². The lowest BCUT2D eigenvalue weighted by Gasteiger charge is -2.33. The summed E-state index contributed by atoms with van der Waals surface area (Å²) in [6.07, 6.45) is 3.65. The summed E-state index contributed by atoms with van der Waals surface area (Å²) >= 11 is 5.81. The quantitative estimate of drug-likeness (QED) is 0.863. The van der Waals surface area contributed by atoms with Gasteiger partial charge in [0.1, 0.15) is 4.90 Å². The number of nitrogens with zero attached hydrogens (tertiary/aromatic N) is 1. The van der Waals surface area contributed by atoms with Crippen molar-refractivity contribution in [3.05, 3.63) is 23.0 Å². The molecule has 7 heteroatoms. The van der Waals surface area contributed by atoms with Gasteiger partial charge in [0.15, 0.2) is 5.82 Å². The van der Waals surface area contributed by atoms with E-state index in [0.29, 0.717) is 5.92 Å². The molecule has 1 aromatic rings. The minimum atomic E-state index is -3.94. The fourth-order valence-electron chi connectivity index (χ4n) is 2.86. The highest BCUT2D eigenvalue weighted by atomic mass is 35.5. The zero-order valence-corrected chi connectivity index (χ0v) is 13.7. The molecule has 1 saturated carbocycles. The van der Waals surface area contributed by atoms with Crippen molar-refractivity contribution in [2.24, 2.45) is 5.92 Å². The molecular formula is C14H20ClFN2O2S. The molecule has 118 valence electrons. The molecule has 0 saturated heterocycles. The molecule has 4 nitrogen and oxygen atoms in total. The Morgan fingerprint density at radius 3 is 2.67 bits per heavy atom. The fourth-order valence-corrected chi connectivity index (χ4v) is 4.66. The van der Waals surface area contributed by atoms with Gasteiger partial charge in [0.2, 0.25) is 10.0 Å². The zero-order valence-electron chi connectivity index (χ0n) is 12.1. The molecule has 2 atom stereocenters. The number of hydrogen-bond donors (Lipinski definition) is 1. The van der Waals surface area contributed by atoms with Crippen molar-refractivity contribution in [2.45, 2.75) is 43.5 Å². The number of hydrogen-bond acceptors (Lipinski definition) is 3. The van der Waals surface area contributed by atoms with Gasteiger partial charge >= 0.3 is 0 Å². The van der Waals surface area contributed by atoms with Crippen molar-refractivity contribution in [2.75, 3.05) is 12.8 Å². The normalized spacial score (nSPS) is 23.5. The van der Waals surface area contributed by atoms with Crippen LogP contribution in [0.3, 0.4) is 0 Å². The molecule has 0 bridgehead atoms. The van der Waals surface area contributed by atoms with Crippen molar-refractivity contribution in [1.29, 1.82) is 0 Å². The van der Waals surface area contributed by atoms with E-state index in [1.165, 1.54) is 17.4 Å². The maximum Gasteiger partial charge on any atom is 0.246 e. The molecule has 2 unspecified atom stereocenters. The third-order valence-corrected chi connectivity index (χ3v) is 6.24. The van der Waals surface area contributed by atoms with Gasteiger partial charge in [-0.1, -0.05) is 31.4 Å². The lowest BCUT2D eigenvalue weighted by Crippen LogP contribution is -2.40. The van der Waals surface area contributed by atoms with Crippen molar-refractivity contribution < 1.29 is 12.8 Å². The molecule has 2 N–H and O–H groups in total. The van der Waals surface area contributed by atoms with Crippen LogP contribution < -0.4 is 5.73 Å². The summed E-state index contributed by atoms with van der Waals surface area (Å²) in [6.45, 7) is 2.10. The highest BCUT2D eigenvalue weighted by Crippen LogP contribution is 2.32. The first-order valence-corrected chi connectivity index (χ1v) is 8.78. The summed E-state index contributed by atoms with van der Waals surface area (Å²) in [7, 11) is -2.45. The second kappa shape index (κ2) is 6.10. The van der Waals surface area contributed by atoms with Gasteiger partial charge in [0.25, 0.3) is 0 Å². The molecule has 1 aromatic carbocycles. The van der Waals surface area contributed by atoms with E-state index in [-0.39, 0.29) is 16.8 Å². The van der Waals surface area contributed by atoms with Gasteiger partial charge in [0.05, 0.1) is 5.69 Å². The molecule has 2 rings (SSSR count). The third-order valence-electron chi connectivity index (χ3n) is 4.11. The maximum atomic E-state index is 14.1. The van der Waals surface area contributed by atoms with Crippen LogP contribution in [0.2, 0.25) is 5.02 Å². The molecule has 0 spiro atoms. The largest absolute Gasteiger partial charge is 0.396 e. The summed E-state index contributed by atoms with van der Waals surface area (Å²) in [4.78, 5) is -0.451. The lowest BCUT2D eigenvalue weighted by atomic mass is 9.87. The molecule has 1 aliphatic carbocycles. The Morgan fingerprint density at radius 1 is 1.38 bits per heavy atom. The summed E-state index contributed by atoms with van der Waals surface area (Å²) in [5.41, 5.74) is 5.22. The average Bonchev–Trinajstić information content (AvgIpc) is 2.41. The molecule has 0 aromatic heterocycles. The standard InChI is InChI=1S/C14H20ClFN2O2S/c1-9-4-3-5-11(6-9)18(2)21(19,20)13-8-10(15)7-12(17)14(13)16/h7-9,11H,3-6,17H2,1-2H3. The monoisotopic (exact) mass is 334 g/mol. The Bertz CT molecular complexity index is 636. The van der Waals surface area contributed by atoms with E-state index < -0.39 is 20.7 Å². The minimum absolute atomic E-state index is 0.109. The minimum Gasteiger partial charge on any atom is -0.396 e. The van der Waals surface area contributed by atoms with E-state index in [9.17, 15) is 12.8 Å². The molecule has 1 fully saturated rings. The van der Waals surface area contributed by atoms with E-state index in [2.05, 4.69) is 6.92 Å². The summed E-state index contributed by atoms with van der Waals surface area (Å²) in [5.74, 6) is -0.467. The molecular weight excluding hydrogens is 315 g/mol. The second-order valence-electron chi connectivity index (χ2n) is 5.75. The van der Waals surface area contributed by atoms with Crippen LogP contribution >= 0.6 is 11.6 Å². The van der Waals surface area contributed by atoms with Crippen molar-refractivity contribution >= 4 is 27.3 Å². The second-order valence-corrected chi connectivity index (χ2v) is 8.16. The van der Waals surface area contributed by atoms with Crippen LogP contribution in [0.5, 0.6) is 0 Å². The predicted molar refractivity (Wildman–Crippen MR) is 82.2 cm³/mol. The molecule has 0 radical (unpaired) electrons. The number of anilines is 1. The topological polar surface area (TPSA) is 63.4 Å². The van der Waals surface area contributed by atoms with E-state index in [0.717, 1.165) is 31.7 Å². The Kier molecular flexibility index (Phi) is 4.80. The molecule has 21 heavy (non-hydrogen) atoms. The van der Waals surface area contributed by atoms with Crippen LogP contribution in [0, 0.1) is 11.7 Å². The summed E-state index contributed by atoms with van der Waals surface area (Å²) in [5, 5.41) is 0.109. The van der Waals surface area contributed by atoms with Crippen LogP contribution in [0.4, 0.5) is 10.1 Å². The Balaban J connectivity index is 2.37. The van der Waals surface area contributed by atoms with Gasteiger partial charge < -0.3 is 5.73 Å². The summed E-state index contributed by atoms with van der Waals surface area (Å²) < 4.78 is 40.6. The van der Waals surface area contributed by atoms with Crippen molar-refractivity contribution in [3.8, 4) is 0 Å². The van der Waals surface area contributed by atoms with E-state index in [1.807, 2.05) is 0 Å². The highest BCUT2D eigenvalue weighted by molar-refractivity contribution is 7.89. The zero-order chi connectivity index (χ0) is 15.8. The van der Waals surface area contributed by atoms with Crippen LogP contribution in [0.1, 0.15) is 32.6 Å². The van der Waals surface area contributed by atoms with Crippen LogP contribution in [0.25, 0.3) is 0 Å². The van der Waals surface area contributed by atoms with Crippen LogP contribution in [-0.4, -0.2) is 25.8 Å². The van der Waals surface area contributed by atoms with E-state index >= 15 is 0 Å². The van der Waals surface area contributed by atoms with Gasteiger partial charge in [-0.05, 0) is 30.9 Å². The number of rotatable bonds is 3. The summed E-state index contributed by atoms with van der Waals surface area (Å²) in [6, 6.07) is 2.21. The van der Waals surface area contributed by atoms with Gasteiger partial charge in [-0.3, -0.25) is 0 Å². The number of benzene rings is 1. The number of halogens is 2. The Hall–Kier alpha value is -0.850.